The molecule has 12 nitrogen and oxygen atoms in total. The molecule has 2 aliphatic heterocycles. The number of hydrogen-bond donors (Lipinski definition) is 6. The summed E-state index contributed by atoms with van der Waals surface area (Å²) in [6, 6.07) is 7.40. The van der Waals surface area contributed by atoms with E-state index in [1.165, 1.54) is 30.5 Å². The van der Waals surface area contributed by atoms with Crippen molar-refractivity contribution in [2.75, 3.05) is 13.1 Å². The molecule has 3 atom stereocenters. The molecule has 3 unspecified atom stereocenters. The van der Waals surface area contributed by atoms with Crippen molar-refractivity contribution in [3.05, 3.63) is 42.6 Å². The van der Waals surface area contributed by atoms with E-state index in [2.05, 4.69) is 31.1 Å². The number of carbonyl (C=O) groups is 2. The lowest BCUT2D eigenvalue weighted by molar-refractivity contribution is -0.149. The van der Waals surface area contributed by atoms with E-state index >= 15 is 0 Å². The molecule has 1 amide bonds. The fraction of sp³-hybridized carbons (Fsp3) is 0.476. The molecule has 0 saturated carbocycles. The second-order valence-electron chi connectivity index (χ2n) is 7.95. The van der Waals surface area contributed by atoms with Gasteiger partial charge in [0.25, 0.3) is 0 Å². The number of hydrogen-bond acceptors (Lipinski definition) is 9. The fourth-order valence-electron chi connectivity index (χ4n) is 3.54. The van der Waals surface area contributed by atoms with Crippen molar-refractivity contribution in [2.45, 2.75) is 55.1 Å². The van der Waals surface area contributed by atoms with Crippen molar-refractivity contribution in [1.82, 2.24) is 26.0 Å². The number of nitrogens with one attached hydrogen (secondary N) is 5. The smallest absolute Gasteiger partial charge is 0.345 e. The molecule has 0 radical (unpaired) electrons. The second-order valence-corrected chi connectivity index (χ2v) is 9.64. The zero-order valence-electron chi connectivity index (χ0n) is 18.6. The van der Waals surface area contributed by atoms with Crippen LogP contribution in [0.3, 0.4) is 0 Å². The number of sulfonamides is 1. The third-order valence-electron chi connectivity index (χ3n) is 5.29. The number of benzene rings is 1. The largest absolute Gasteiger partial charge is 0.478 e. The van der Waals surface area contributed by atoms with E-state index < -0.39 is 33.7 Å². The molecule has 186 valence electrons. The van der Waals surface area contributed by atoms with Crippen LogP contribution in [0.5, 0.6) is 0 Å². The van der Waals surface area contributed by atoms with Gasteiger partial charge in [0.05, 0.1) is 11.3 Å². The summed E-state index contributed by atoms with van der Waals surface area (Å²) in [4.78, 5) is 30.0. The van der Waals surface area contributed by atoms with Crippen LogP contribution in [-0.2, 0) is 24.4 Å². The highest BCUT2D eigenvalue weighted by atomic mass is 32.2. The molecule has 34 heavy (non-hydrogen) atoms. The van der Waals surface area contributed by atoms with Crippen LogP contribution in [0.15, 0.2) is 52.7 Å². The van der Waals surface area contributed by atoms with E-state index in [1.807, 2.05) is 12.3 Å². The number of amides is 1. The third-order valence-corrected chi connectivity index (χ3v) is 6.80. The van der Waals surface area contributed by atoms with Crippen LogP contribution in [0.25, 0.3) is 0 Å². The number of carbonyl (C=O) groups excluding carboxylic acids is 1. The molecule has 0 spiro atoms. The zero-order valence-corrected chi connectivity index (χ0v) is 19.4. The topological polar surface area (TPSA) is 170 Å². The first-order valence-corrected chi connectivity index (χ1v) is 12.5. The Bertz CT molecular complexity index is 994. The number of carboxylic acid groups (broad SMARTS) is 1. The molecule has 13 heteroatoms. The SMILES string of the molecule is O=C(CC1CC=NO1)NC(CCCCNC1NC=CCN1)(NS(=O)(=O)c1ccccc1)C(=O)O. The van der Waals surface area contributed by atoms with Gasteiger partial charge in [0.1, 0.15) is 12.4 Å². The molecule has 0 fully saturated rings. The summed E-state index contributed by atoms with van der Waals surface area (Å²) in [6.07, 6.45) is 5.60. The van der Waals surface area contributed by atoms with Crippen LogP contribution in [0.1, 0.15) is 32.1 Å². The van der Waals surface area contributed by atoms with Gasteiger partial charge in [-0.25, -0.2) is 13.2 Å². The predicted octanol–water partition coefficient (Wildman–Crippen LogP) is -0.223. The molecule has 0 bridgehead atoms. The first kappa shape index (κ1) is 25.6. The minimum absolute atomic E-state index is 0.105. The number of aliphatic carboxylic acids is 1. The number of unbranched alkanes of at least 4 members (excludes halogenated alkanes) is 1. The average molecular weight is 495 g/mol. The molecular formula is C21H30N6O6S. The van der Waals surface area contributed by atoms with Crippen LogP contribution in [-0.4, -0.2) is 62.8 Å². The normalized spacial score (nSPS) is 21.3. The van der Waals surface area contributed by atoms with E-state index in [-0.39, 0.29) is 24.0 Å². The minimum atomic E-state index is -4.24. The Morgan fingerprint density at radius 2 is 2.03 bits per heavy atom. The summed E-state index contributed by atoms with van der Waals surface area (Å²) >= 11 is 0. The Hall–Kier alpha value is -3.00. The van der Waals surface area contributed by atoms with Gasteiger partial charge >= 0.3 is 5.97 Å². The fourth-order valence-corrected chi connectivity index (χ4v) is 4.87. The van der Waals surface area contributed by atoms with Gasteiger partial charge in [-0.1, -0.05) is 29.4 Å². The van der Waals surface area contributed by atoms with Gasteiger partial charge in [0.15, 0.2) is 0 Å². The van der Waals surface area contributed by atoms with Crippen LogP contribution in [0.2, 0.25) is 0 Å². The summed E-state index contributed by atoms with van der Waals surface area (Å²) < 4.78 is 28.2. The highest BCUT2D eigenvalue weighted by Gasteiger charge is 2.44. The lowest BCUT2D eigenvalue weighted by Gasteiger charge is -2.32. The number of nitrogens with zero attached hydrogens (tertiary/aromatic N) is 1. The van der Waals surface area contributed by atoms with Crippen molar-refractivity contribution in [1.29, 1.82) is 0 Å². The molecule has 3 rings (SSSR count). The maximum atomic E-state index is 13.0. The van der Waals surface area contributed by atoms with Crippen LogP contribution >= 0.6 is 0 Å². The molecule has 0 saturated heterocycles. The van der Waals surface area contributed by atoms with Gasteiger partial charge in [-0.15, -0.1) is 0 Å². The summed E-state index contributed by atoms with van der Waals surface area (Å²) in [5.74, 6) is -2.16. The van der Waals surface area contributed by atoms with E-state index in [9.17, 15) is 23.1 Å². The van der Waals surface area contributed by atoms with Gasteiger partial charge in [-0.05, 0) is 44.1 Å². The first-order chi connectivity index (χ1) is 16.3. The third kappa shape index (κ3) is 7.25. The minimum Gasteiger partial charge on any atom is -0.478 e. The highest BCUT2D eigenvalue weighted by molar-refractivity contribution is 7.89. The lowest BCUT2D eigenvalue weighted by Crippen LogP contribution is -2.65. The number of carboxylic acids is 1. The van der Waals surface area contributed by atoms with Crippen LogP contribution < -0.4 is 26.0 Å². The van der Waals surface area contributed by atoms with Crippen LogP contribution in [0, 0.1) is 0 Å². The summed E-state index contributed by atoms with van der Waals surface area (Å²) in [6.45, 7) is 1.26. The van der Waals surface area contributed by atoms with Gasteiger partial charge in [-0.2, -0.15) is 4.72 Å². The zero-order chi connectivity index (χ0) is 24.4. The number of oxime groups is 1. The van der Waals surface area contributed by atoms with Gasteiger partial charge in [0.2, 0.25) is 21.6 Å². The second kappa shape index (κ2) is 11.9. The van der Waals surface area contributed by atoms with Crippen molar-refractivity contribution in [3.63, 3.8) is 0 Å². The van der Waals surface area contributed by atoms with Crippen molar-refractivity contribution in [2.24, 2.45) is 5.16 Å². The Kier molecular flexibility index (Phi) is 8.98. The lowest BCUT2D eigenvalue weighted by atomic mass is 10.0. The Morgan fingerprint density at radius 3 is 2.68 bits per heavy atom. The van der Waals surface area contributed by atoms with E-state index in [0.29, 0.717) is 25.8 Å². The summed E-state index contributed by atoms with van der Waals surface area (Å²) in [5, 5.41) is 25.6. The highest BCUT2D eigenvalue weighted by Crippen LogP contribution is 2.19. The Morgan fingerprint density at radius 1 is 1.24 bits per heavy atom. The molecule has 1 aromatic rings. The monoisotopic (exact) mass is 494 g/mol. The van der Waals surface area contributed by atoms with Crippen molar-refractivity contribution in [3.8, 4) is 0 Å². The Balaban J connectivity index is 1.68. The standard InChI is InChI=1S/C21H30N6O6S/c28-18(15-16-9-14-25-33-16)26-21(19(29)30,27-34(31,32)17-7-2-1-3-8-17)10-4-5-11-22-20-23-12-6-13-24-20/h1-3,6-8,12,14,16,20,22-24,27H,4-5,9-11,13,15H2,(H,26,28)(H,29,30). The molecule has 0 aliphatic carbocycles. The van der Waals surface area contributed by atoms with E-state index in [0.717, 1.165) is 6.54 Å². The quantitative estimate of drug-likeness (QED) is 0.160. The summed E-state index contributed by atoms with van der Waals surface area (Å²) in [5.41, 5.74) is -2.23. The van der Waals surface area contributed by atoms with E-state index in [1.54, 1.807) is 6.07 Å². The first-order valence-electron chi connectivity index (χ1n) is 11.0. The molecule has 0 aromatic heterocycles. The average Bonchev–Trinajstić information content (AvgIpc) is 3.32. The molecule has 2 heterocycles. The van der Waals surface area contributed by atoms with E-state index in [4.69, 9.17) is 4.84 Å². The molecular weight excluding hydrogens is 464 g/mol. The van der Waals surface area contributed by atoms with Crippen molar-refractivity contribution < 1.29 is 28.0 Å². The molecule has 6 N–H and O–H groups in total. The summed E-state index contributed by atoms with van der Waals surface area (Å²) in [7, 11) is -4.24. The maximum Gasteiger partial charge on any atom is 0.345 e. The Labute approximate surface area is 198 Å². The van der Waals surface area contributed by atoms with Gasteiger partial charge in [-0.3, -0.25) is 15.4 Å². The van der Waals surface area contributed by atoms with Crippen molar-refractivity contribution >= 4 is 28.1 Å². The number of rotatable bonds is 13. The predicted molar refractivity (Wildman–Crippen MR) is 124 cm³/mol. The van der Waals surface area contributed by atoms with Crippen LogP contribution in [0.4, 0.5) is 0 Å². The maximum absolute atomic E-state index is 13.0. The molecule has 1 aromatic carbocycles. The van der Waals surface area contributed by atoms with Gasteiger partial charge < -0.3 is 20.6 Å². The van der Waals surface area contributed by atoms with Gasteiger partial charge in [0, 0.05) is 19.2 Å². The molecule has 2 aliphatic rings.